The molecule has 2 unspecified atom stereocenters. The summed E-state index contributed by atoms with van der Waals surface area (Å²) in [5, 5.41) is 12.3. The lowest BCUT2D eigenvalue weighted by Gasteiger charge is -2.19. The third-order valence-corrected chi connectivity index (χ3v) is 2.97. The molecule has 0 aliphatic heterocycles. The SMILES string of the molecule is CCCNC(C)c1cc(F)ccc1OCC(C)CO. The molecular weight excluding hydrogens is 245 g/mol. The van der Waals surface area contributed by atoms with Gasteiger partial charge >= 0.3 is 0 Å². The van der Waals surface area contributed by atoms with Crippen LogP contribution in [0.5, 0.6) is 5.75 Å². The number of hydrogen-bond donors (Lipinski definition) is 2. The van der Waals surface area contributed by atoms with Crippen LogP contribution in [0.25, 0.3) is 0 Å². The minimum atomic E-state index is -0.261. The Kier molecular flexibility index (Phi) is 6.81. The molecular formula is C15H24FNO2. The van der Waals surface area contributed by atoms with Crippen LogP contribution in [0.2, 0.25) is 0 Å². The van der Waals surface area contributed by atoms with Gasteiger partial charge in [0.2, 0.25) is 0 Å². The summed E-state index contributed by atoms with van der Waals surface area (Å²) < 4.78 is 19.1. The van der Waals surface area contributed by atoms with E-state index < -0.39 is 0 Å². The van der Waals surface area contributed by atoms with Crippen molar-refractivity contribution in [3.05, 3.63) is 29.6 Å². The van der Waals surface area contributed by atoms with Gasteiger partial charge in [-0.3, -0.25) is 0 Å². The Labute approximate surface area is 114 Å². The molecule has 0 aliphatic rings. The maximum absolute atomic E-state index is 13.4. The molecule has 0 bridgehead atoms. The lowest BCUT2D eigenvalue weighted by molar-refractivity contribution is 0.173. The lowest BCUT2D eigenvalue weighted by atomic mass is 10.1. The van der Waals surface area contributed by atoms with E-state index in [9.17, 15) is 4.39 Å². The Balaban J connectivity index is 2.78. The van der Waals surface area contributed by atoms with Crippen molar-refractivity contribution in [2.45, 2.75) is 33.2 Å². The molecule has 1 aromatic carbocycles. The number of benzene rings is 1. The zero-order valence-electron chi connectivity index (χ0n) is 11.9. The summed E-state index contributed by atoms with van der Waals surface area (Å²) in [4.78, 5) is 0. The number of halogens is 1. The van der Waals surface area contributed by atoms with E-state index in [2.05, 4.69) is 12.2 Å². The van der Waals surface area contributed by atoms with E-state index in [0.717, 1.165) is 18.5 Å². The molecule has 0 saturated heterocycles. The standard InChI is InChI=1S/C15H24FNO2/c1-4-7-17-12(3)14-8-13(16)5-6-15(14)19-10-11(2)9-18/h5-6,8,11-12,17-18H,4,7,9-10H2,1-3H3. The first-order chi connectivity index (χ1) is 9.08. The summed E-state index contributed by atoms with van der Waals surface area (Å²) in [6, 6.07) is 4.59. The zero-order valence-corrected chi connectivity index (χ0v) is 11.9. The molecule has 0 heterocycles. The number of rotatable bonds is 8. The van der Waals surface area contributed by atoms with Crippen molar-refractivity contribution < 1.29 is 14.2 Å². The summed E-state index contributed by atoms with van der Waals surface area (Å²) in [7, 11) is 0. The first kappa shape index (κ1) is 15.9. The second-order valence-corrected chi connectivity index (χ2v) is 4.96. The average Bonchev–Trinajstić information content (AvgIpc) is 2.42. The summed E-state index contributed by atoms with van der Waals surface area (Å²) in [6.45, 7) is 7.38. The molecule has 4 heteroatoms. The van der Waals surface area contributed by atoms with E-state index >= 15 is 0 Å². The van der Waals surface area contributed by atoms with E-state index in [1.165, 1.54) is 12.1 Å². The smallest absolute Gasteiger partial charge is 0.124 e. The highest BCUT2D eigenvalue weighted by Crippen LogP contribution is 2.26. The highest BCUT2D eigenvalue weighted by molar-refractivity contribution is 5.36. The van der Waals surface area contributed by atoms with Crippen molar-refractivity contribution in [1.29, 1.82) is 0 Å². The van der Waals surface area contributed by atoms with E-state index in [4.69, 9.17) is 9.84 Å². The number of aliphatic hydroxyl groups excluding tert-OH is 1. The number of hydrogen-bond acceptors (Lipinski definition) is 3. The van der Waals surface area contributed by atoms with Crippen LogP contribution >= 0.6 is 0 Å². The van der Waals surface area contributed by atoms with Gasteiger partial charge in [-0.1, -0.05) is 13.8 Å². The fourth-order valence-electron chi connectivity index (χ4n) is 1.74. The summed E-state index contributed by atoms with van der Waals surface area (Å²) >= 11 is 0. The van der Waals surface area contributed by atoms with Crippen molar-refractivity contribution in [2.75, 3.05) is 19.8 Å². The second kappa shape index (κ2) is 8.12. The van der Waals surface area contributed by atoms with E-state index in [1.54, 1.807) is 6.07 Å². The minimum absolute atomic E-state index is 0.0371. The van der Waals surface area contributed by atoms with E-state index in [-0.39, 0.29) is 24.4 Å². The van der Waals surface area contributed by atoms with Crippen molar-refractivity contribution in [1.82, 2.24) is 5.32 Å². The van der Waals surface area contributed by atoms with Crippen molar-refractivity contribution in [3.8, 4) is 5.75 Å². The van der Waals surface area contributed by atoms with Gasteiger partial charge in [0.05, 0.1) is 6.61 Å². The molecule has 2 N–H and O–H groups in total. The Bertz CT molecular complexity index is 384. The number of aliphatic hydroxyl groups is 1. The van der Waals surface area contributed by atoms with Gasteiger partial charge in [-0.05, 0) is 38.1 Å². The highest BCUT2D eigenvalue weighted by atomic mass is 19.1. The first-order valence-electron chi connectivity index (χ1n) is 6.85. The van der Waals surface area contributed by atoms with E-state index in [0.29, 0.717) is 12.4 Å². The highest BCUT2D eigenvalue weighted by Gasteiger charge is 2.13. The average molecular weight is 269 g/mol. The van der Waals surface area contributed by atoms with Crippen LogP contribution < -0.4 is 10.1 Å². The van der Waals surface area contributed by atoms with Crippen LogP contribution in [-0.4, -0.2) is 24.9 Å². The Hall–Kier alpha value is -1.13. The van der Waals surface area contributed by atoms with Gasteiger partial charge in [0, 0.05) is 24.1 Å². The molecule has 2 atom stereocenters. The zero-order chi connectivity index (χ0) is 14.3. The largest absolute Gasteiger partial charge is 0.493 e. The van der Waals surface area contributed by atoms with Crippen LogP contribution in [0.15, 0.2) is 18.2 Å². The first-order valence-corrected chi connectivity index (χ1v) is 6.85. The molecule has 0 fully saturated rings. The second-order valence-electron chi connectivity index (χ2n) is 4.96. The molecule has 19 heavy (non-hydrogen) atoms. The quantitative estimate of drug-likeness (QED) is 0.762. The molecule has 0 amide bonds. The predicted molar refractivity (Wildman–Crippen MR) is 74.9 cm³/mol. The van der Waals surface area contributed by atoms with Gasteiger partial charge in [0.15, 0.2) is 0 Å². The molecule has 108 valence electrons. The summed E-state index contributed by atoms with van der Waals surface area (Å²) in [6.07, 6.45) is 1.03. The van der Waals surface area contributed by atoms with Crippen LogP contribution in [0.4, 0.5) is 4.39 Å². The summed E-state index contributed by atoms with van der Waals surface area (Å²) in [5.74, 6) is 0.484. The number of ether oxygens (including phenoxy) is 1. The fourth-order valence-corrected chi connectivity index (χ4v) is 1.74. The lowest BCUT2D eigenvalue weighted by Crippen LogP contribution is -2.21. The van der Waals surface area contributed by atoms with E-state index in [1.807, 2.05) is 13.8 Å². The fraction of sp³-hybridized carbons (Fsp3) is 0.600. The van der Waals surface area contributed by atoms with Gasteiger partial charge in [0.1, 0.15) is 11.6 Å². The molecule has 0 radical (unpaired) electrons. The summed E-state index contributed by atoms with van der Waals surface area (Å²) in [5.41, 5.74) is 0.818. The molecule has 0 saturated carbocycles. The molecule has 1 aromatic rings. The monoisotopic (exact) mass is 269 g/mol. The topological polar surface area (TPSA) is 41.5 Å². The Morgan fingerprint density at radius 3 is 2.74 bits per heavy atom. The van der Waals surface area contributed by atoms with Crippen molar-refractivity contribution in [2.24, 2.45) is 5.92 Å². The molecule has 0 aromatic heterocycles. The van der Waals surface area contributed by atoms with Gasteiger partial charge in [-0.15, -0.1) is 0 Å². The maximum atomic E-state index is 13.4. The maximum Gasteiger partial charge on any atom is 0.124 e. The predicted octanol–water partition coefficient (Wildman–Crippen LogP) is 2.89. The van der Waals surface area contributed by atoms with Crippen LogP contribution in [-0.2, 0) is 0 Å². The van der Waals surface area contributed by atoms with Crippen molar-refractivity contribution >= 4 is 0 Å². The van der Waals surface area contributed by atoms with Gasteiger partial charge in [0.25, 0.3) is 0 Å². The van der Waals surface area contributed by atoms with Crippen LogP contribution in [0.3, 0.4) is 0 Å². The third kappa shape index (κ3) is 5.17. The molecule has 3 nitrogen and oxygen atoms in total. The third-order valence-electron chi connectivity index (χ3n) is 2.97. The van der Waals surface area contributed by atoms with Gasteiger partial charge in [-0.25, -0.2) is 4.39 Å². The van der Waals surface area contributed by atoms with Gasteiger partial charge < -0.3 is 15.2 Å². The van der Waals surface area contributed by atoms with Gasteiger partial charge in [-0.2, -0.15) is 0 Å². The van der Waals surface area contributed by atoms with Crippen molar-refractivity contribution in [3.63, 3.8) is 0 Å². The molecule has 1 rings (SSSR count). The number of nitrogens with one attached hydrogen (secondary N) is 1. The normalized spacial score (nSPS) is 14.2. The van der Waals surface area contributed by atoms with Crippen LogP contribution in [0, 0.1) is 11.7 Å². The minimum Gasteiger partial charge on any atom is -0.493 e. The van der Waals surface area contributed by atoms with Crippen LogP contribution in [0.1, 0.15) is 38.8 Å². The Morgan fingerprint density at radius 2 is 2.11 bits per heavy atom. The molecule has 0 spiro atoms. The molecule has 0 aliphatic carbocycles. The Morgan fingerprint density at radius 1 is 1.37 bits per heavy atom.